The molecule has 106 valence electrons. The van der Waals surface area contributed by atoms with Crippen LogP contribution in [0, 0.1) is 11.3 Å². The van der Waals surface area contributed by atoms with Gasteiger partial charge in [-0.2, -0.15) is 5.26 Å². The number of nitriles is 1. The third-order valence-electron chi connectivity index (χ3n) is 3.09. The maximum atomic E-state index is 9.21. The molecule has 1 aromatic heterocycles. The number of aliphatic imine (C=N–C) groups is 1. The lowest BCUT2D eigenvalue weighted by Gasteiger charge is -1.94. The summed E-state index contributed by atoms with van der Waals surface area (Å²) in [6.07, 6.45) is 1.64. The van der Waals surface area contributed by atoms with Crippen molar-refractivity contribution in [3.63, 3.8) is 0 Å². The quantitative estimate of drug-likeness (QED) is 0.623. The number of hydrogen-bond acceptors (Lipinski definition) is 3. The van der Waals surface area contributed by atoms with E-state index in [1.807, 2.05) is 42.5 Å². The minimum absolute atomic E-state index is 0.302. The second-order valence-electron chi connectivity index (χ2n) is 4.62. The molecule has 0 amide bonds. The lowest BCUT2D eigenvalue weighted by Crippen LogP contribution is -1.79. The number of rotatable bonds is 3. The molecule has 0 aliphatic carbocycles. The molecule has 0 aliphatic rings. The van der Waals surface area contributed by atoms with Crippen molar-refractivity contribution in [1.29, 1.82) is 5.26 Å². The zero-order valence-corrected chi connectivity index (χ0v) is 12.3. The fourth-order valence-corrected chi connectivity index (χ4v) is 2.11. The Bertz CT molecular complexity index is 843. The summed E-state index contributed by atoms with van der Waals surface area (Å²) in [4.78, 5) is 4.27. The van der Waals surface area contributed by atoms with Gasteiger partial charge in [-0.05, 0) is 17.7 Å². The van der Waals surface area contributed by atoms with Gasteiger partial charge in [0.15, 0.2) is 0 Å². The first-order valence-corrected chi connectivity index (χ1v) is 7.03. The Morgan fingerprint density at radius 2 is 1.77 bits per heavy atom. The molecule has 3 aromatic rings. The summed E-state index contributed by atoms with van der Waals surface area (Å²) in [5, 5.41) is 9.88. The fraction of sp³-hybridized carbons (Fsp3) is 0. The molecule has 0 saturated carbocycles. The van der Waals surface area contributed by atoms with Gasteiger partial charge in [0.05, 0.1) is 0 Å². The van der Waals surface area contributed by atoms with Crippen LogP contribution in [0.3, 0.4) is 0 Å². The van der Waals surface area contributed by atoms with Crippen LogP contribution in [-0.2, 0) is 0 Å². The van der Waals surface area contributed by atoms with E-state index < -0.39 is 0 Å². The van der Waals surface area contributed by atoms with E-state index in [1.165, 1.54) is 0 Å². The number of furan rings is 1. The van der Waals surface area contributed by atoms with Gasteiger partial charge in [-0.1, -0.05) is 54.1 Å². The molecule has 1 heterocycles. The van der Waals surface area contributed by atoms with E-state index in [0.717, 1.165) is 11.1 Å². The number of halogens is 1. The predicted octanol–water partition coefficient (Wildman–Crippen LogP) is 5.22. The molecule has 0 aliphatic heterocycles. The first-order valence-electron chi connectivity index (χ1n) is 6.65. The SMILES string of the molecule is N#Cc1cc(-c2ccccc2)oc1N=Cc1ccc(Cl)cc1. The van der Waals surface area contributed by atoms with Gasteiger partial charge in [-0.15, -0.1) is 0 Å². The van der Waals surface area contributed by atoms with Crippen molar-refractivity contribution in [1.82, 2.24) is 0 Å². The molecule has 0 N–H and O–H groups in total. The largest absolute Gasteiger partial charge is 0.437 e. The van der Waals surface area contributed by atoms with E-state index in [4.69, 9.17) is 16.0 Å². The zero-order chi connectivity index (χ0) is 15.4. The molecule has 22 heavy (non-hydrogen) atoms. The highest BCUT2D eigenvalue weighted by Crippen LogP contribution is 2.30. The molecule has 0 bridgehead atoms. The van der Waals surface area contributed by atoms with Crippen molar-refractivity contribution in [3.05, 3.63) is 76.8 Å². The molecular formula is C18H11ClN2O. The summed E-state index contributed by atoms with van der Waals surface area (Å²) in [6, 6.07) is 20.7. The van der Waals surface area contributed by atoms with Crippen molar-refractivity contribution in [3.8, 4) is 17.4 Å². The summed E-state index contributed by atoms with van der Waals surface area (Å²) in [6.45, 7) is 0. The molecule has 3 nitrogen and oxygen atoms in total. The monoisotopic (exact) mass is 306 g/mol. The Labute approximate surface area is 133 Å². The van der Waals surface area contributed by atoms with E-state index in [2.05, 4.69) is 11.1 Å². The number of nitrogens with zero attached hydrogens (tertiary/aromatic N) is 2. The molecule has 0 radical (unpaired) electrons. The van der Waals surface area contributed by atoms with Crippen LogP contribution in [0.1, 0.15) is 11.1 Å². The summed E-state index contributed by atoms with van der Waals surface area (Å²) >= 11 is 5.84. The maximum absolute atomic E-state index is 9.21. The molecule has 0 spiro atoms. The lowest BCUT2D eigenvalue weighted by molar-refractivity contribution is 0.592. The second kappa shape index (κ2) is 6.30. The van der Waals surface area contributed by atoms with Crippen LogP contribution < -0.4 is 0 Å². The Kier molecular flexibility index (Phi) is 4.04. The van der Waals surface area contributed by atoms with E-state index in [0.29, 0.717) is 22.2 Å². The average molecular weight is 307 g/mol. The van der Waals surface area contributed by atoms with Gasteiger partial charge in [-0.3, -0.25) is 0 Å². The first kappa shape index (κ1) is 14.1. The van der Waals surface area contributed by atoms with Crippen LogP contribution in [0.15, 0.2) is 70.1 Å². The smallest absolute Gasteiger partial charge is 0.237 e. The van der Waals surface area contributed by atoms with E-state index in [-0.39, 0.29) is 0 Å². The first-order chi connectivity index (χ1) is 10.8. The topological polar surface area (TPSA) is 49.3 Å². The van der Waals surface area contributed by atoms with Crippen molar-refractivity contribution < 1.29 is 4.42 Å². The molecule has 3 rings (SSSR count). The predicted molar refractivity (Wildman–Crippen MR) is 87.6 cm³/mol. The van der Waals surface area contributed by atoms with Crippen molar-refractivity contribution in [2.75, 3.05) is 0 Å². The Morgan fingerprint density at radius 3 is 2.45 bits per heavy atom. The normalized spacial score (nSPS) is 10.7. The minimum atomic E-state index is 0.302. The van der Waals surface area contributed by atoms with Crippen LogP contribution in [0.25, 0.3) is 11.3 Å². The summed E-state index contributed by atoms with van der Waals surface area (Å²) in [7, 11) is 0. The van der Waals surface area contributed by atoms with Crippen molar-refractivity contribution >= 4 is 23.7 Å². The summed E-state index contributed by atoms with van der Waals surface area (Å²) < 4.78 is 5.69. The minimum Gasteiger partial charge on any atom is -0.437 e. The van der Waals surface area contributed by atoms with Gasteiger partial charge in [0.25, 0.3) is 0 Å². The Balaban J connectivity index is 1.92. The second-order valence-corrected chi connectivity index (χ2v) is 5.05. The summed E-state index contributed by atoms with van der Waals surface area (Å²) in [5.74, 6) is 0.928. The molecule has 2 aromatic carbocycles. The highest BCUT2D eigenvalue weighted by Gasteiger charge is 2.11. The van der Waals surface area contributed by atoms with Crippen LogP contribution in [0.5, 0.6) is 0 Å². The van der Waals surface area contributed by atoms with Crippen molar-refractivity contribution in [2.45, 2.75) is 0 Å². The molecule has 0 saturated heterocycles. The molecule has 4 heteroatoms. The van der Waals surface area contributed by atoms with Gasteiger partial charge >= 0.3 is 0 Å². The van der Waals surface area contributed by atoms with Crippen LogP contribution >= 0.6 is 11.6 Å². The van der Waals surface area contributed by atoms with E-state index >= 15 is 0 Å². The Morgan fingerprint density at radius 1 is 1.05 bits per heavy atom. The number of hydrogen-bond donors (Lipinski definition) is 0. The third kappa shape index (κ3) is 3.08. The fourth-order valence-electron chi connectivity index (χ4n) is 1.98. The van der Waals surface area contributed by atoms with Crippen molar-refractivity contribution in [2.24, 2.45) is 4.99 Å². The van der Waals surface area contributed by atoms with E-state index in [9.17, 15) is 5.26 Å². The van der Waals surface area contributed by atoms with Gasteiger partial charge in [0, 0.05) is 22.9 Å². The standard InChI is InChI=1S/C18H11ClN2O/c19-16-8-6-13(7-9-16)12-21-18-15(11-20)10-17(22-18)14-4-2-1-3-5-14/h1-10,12H. The lowest BCUT2D eigenvalue weighted by atomic mass is 10.1. The van der Waals surface area contributed by atoms with Crippen LogP contribution in [0.4, 0.5) is 5.88 Å². The zero-order valence-electron chi connectivity index (χ0n) is 11.5. The molecule has 0 unspecified atom stereocenters. The molecular weight excluding hydrogens is 296 g/mol. The van der Waals surface area contributed by atoms with Gasteiger partial charge in [0.1, 0.15) is 17.4 Å². The molecule has 0 fully saturated rings. The Hall–Kier alpha value is -2.83. The van der Waals surface area contributed by atoms with Gasteiger partial charge < -0.3 is 4.42 Å². The summed E-state index contributed by atoms with van der Waals surface area (Å²) in [5.41, 5.74) is 2.20. The maximum Gasteiger partial charge on any atom is 0.237 e. The highest BCUT2D eigenvalue weighted by molar-refractivity contribution is 6.30. The molecule has 0 atom stereocenters. The van der Waals surface area contributed by atoms with Gasteiger partial charge in [0.2, 0.25) is 5.88 Å². The highest BCUT2D eigenvalue weighted by atomic mass is 35.5. The van der Waals surface area contributed by atoms with Crippen LogP contribution in [-0.4, -0.2) is 6.21 Å². The number of benzene rings is 2. The van der Waals surface area contributed by atoms with Gasteiger partial charge in [-0.25, -0.2) is 4.99 Å². The third-order valence-corrected chi connectivity index (χ3v) is 3.34. The van der Waals surface area contributed by atoms with Crippen LogP contribution in [0.2, 0.25) is 5.02 Å². The average Bonchev–Trinajstić information content (AvgIpc) is 2.98. The van der Waals surface area contributed by atoms with E-state index in [1.54, 1.807) is 24.4 Å².